The van der Waals surface area contributed by atoms with Crippen molar-refractivity contribution in [1.29, 1.82) is 0 Å². The van der Waals surface area contributed by atoms with Crippen LogP contribution >= 0.6 is 0 Å². The highest BCUT2D eigenvalue weighted by atomic mass is 16.6. The molecule has 0 radical (unpaired) electrons. The lowest BCUT2D eigenvalue weighted by Gasteiger charge is -2.32. The molecule has 1 aromatic heterocycles. The van der Waals surface area contributed by atoms with Gasteiger partial charge in [0.1, 0.15) is 17.8 Å². The van der Waals surface area contributed by atoms with Gasteiger partial charge in [0, 0.05) is 30.8 Å². The fraction of sp³-hybridized carbons (Fsp3) is 0.227. The van der Waals surface area contributed by atoms with E-state index in [2.05, 4.69) is 20.2 Å². The van der Waals surface area contributed by atoms with Crippen molar-refractivity contribution in [2.75, 3.05) is 23.3 Å². The van der Waals surface area contributed by atoms with Gasteiger partial charge in [-0.05, 0) is 18.9 Å². The van der Waals surface area contributed by atoms with E-state index in [1.165, 1.54) is 12.4 Å². The number of nitro benzene ring substituents is 1. The summed E-state index contributed by atoms with van der Waals surface area (Å²) >= 11 is 0. The van der Waals surface area contributed by atoms with E-state index in [0.29, 0.717) is 6.54 Å². The molecule has 1 fully saturated rings. The maximum atomic E-state index is 12.8. The molecular weight excluding hydrogens is 382 g/mol. The van der Waals surface area contributed by atoms with Crippen LogP contribution in [0.2, 0.25) is 0 Å². The van der Waals surface area contributed by atoms with Gasteiger partial charge in [0.15, 0.2) is 0 Å². The Kier molecular flexibility index (Phi) is 5.65. The second-order valence-electron chi connectivity index (χ2n) is 7.18. The van der Waals surface area contributed by atoms with Crippen molar-refractivity contribution in [3.63, 3.8) is 0 Å². The van der Waals surface area contributed by atoms with Crippen LogP contribution in [0, 0.1) is 16.0 Å². The zero-order valence-electron chi connectivity index (χ0n) is 16.3. The third kappa shape index (κ3) is 4.27. The van der Waals surface area contributed by atoms with Gasteiger partial charge in [-0.1, -0.05) is 42.5 Å². The van der Waals surface area contributed by atoms with E-state index in [4.69, 9.17) is 0 Å². The Hall–Kier alpha value is -3.81. The van der Waals surface area contributed by atoms with Gasteiger partial charge in [0.2, 0.25) is 5.91 Å². The molecule has 1 amide bonds. The summed E-state index contributed by atoms with van der Waals surface area (Å²) in [5.74, 6) is 0.270. The number of aromatic nitrogens is 2. The van der Waals surface area contributed by atoms with Crippen LogP contribution in [0.3, 0.4) is 0 Å². The number of nitrogens with zero attached hydrogens (tertiary/aromatic N) is 4. The number of amides is 1. The largest absolute Gasteiger partial charge is 0.356 e. The van der Waals surface area contributed by atoms with Crippen molar-refractivity contribution in [2.24, 2.45) is 5.92 Å². The molecule has 1 aliphatic rings. The summed E-state index contributed by atoms with van der Waals surface area (Å²) in [7, 11) is 0. The smallest absolute Gasteiger partial charge is 0.292 e. The molecule has 0 saturated carbocycles. The van der Waals surface area contributed by atoms with Gasteiger partial charge < -0.3 is 10.2 Å². The fourth-order valence-corrected chi connectivity index (χ4v) is 3.66. The van der Waals surface area contributed by atoms with E-state index >= 15 is 0 Å². The topological polar surface area (TPSA) is 101 Å². The Balaban J connectivity index is 1.49. The van der Waals surface area contributed by atoms with Crippen molar-refractivity contribution in [3.05, 3.63) is 77.1 Å². The highest BCUT2D eigenvalue weighted by molar-refractivity contribution is 5.95. The first-order chi connectivity index (χ1) is 14.6. The first-order valence-corrected chi connectivity index (χ1v) is 9.78. The average Bonchev–Trinajstić information content (AvgIpc) is 2.80. The quantitative estimate of drug-likeness (QED) is 0.512. The van der Waals surface area contributed by atoms with Crippen LogP contribution in [0.4, 0.5) is 17.2 Å². The molecule has 1 N–H and O–H groups in total. The van der Waals surface area contributed by atoms with Crippen LogP contribution in [0.1, 0.15) is 12.8 Å². The molecule has 30 heavy (non-hydrogen) atoms. The second-order valence-corrected chi connectivity index (χ2v) is 7.18. The predicted octanol–water partition coefficient (Wildman–Crippen LogP) is 3.91. The highest BCUT2D eigenvalue weighted by Crippen LogP contribution is 2.28. The Morgan fingerprint density at radius 2 is 1.87 bits per heavy atom. The molecule has 152 valence electrons. The van der Waals surface area contributed by atoms with Crippen LogP contribution in [0.25, 0.3) is 11.3 Å². The summed E-state index contributed by atoms with van der Waals surface area (Å²) < 4.78 is 0. The lowest BCUT2D eigenvalue weighted by atomic mass is 9.97. The van der Waals surface area contributed by atoms with Gasteiger partial charge in [-0.15, -0.1) is 0 Å². The van der Waals surface area contributed by atoms with Gasteiger partial charge >= 0.3 is 0 Å². The maximum absolute atomic E-state index is 12.8. The minimum Gasteiger partial charge on any atom is -0.356 e. The zero-order valence-corrected chi connectivity index (χ0v) is 16.3. The van der Waals surface area contributed by atoms with Crippen molar-refractivity contribution in [2.45, 2.75) is 12.8 Å². The Bertz CT molecular complexity index is 1060. The molecule has 8 nitrogen and oxygen atoms in total. The molecule has 1 unspecified atom stereocenters. The molecule has 0 aliphatic carbocycles. The number of para-hydroxylation sites is 2. The minimum absolute atomic E-state index is 0.109. The number of rotatable bonds is 5. The molecular formula is C22H21N5O3. The summed E-state index contributed by atoms with van der Waals surface area (Å²) in [5.41, 5.74) is 1.94. The third-order valence-electron chi connectivity index (χ3n) is 5.20. The summed E-state index contributed by atoms with van der Waals surface area (Å²) in [4.78, 5) is 34.3. The molecule has 3 aromatic rings. The third-order valence-corrected chi connectivity index (χ3v) is 5.20. The van der Waals surface area contributed by atoms with E-state index in [1.807, 2.05) is 36.4 Å². The Morgan fingerprint density at radius 3 is 2.67 bits per heavy atom. The summed E-state index contributed by atoms with van der Waals surface area (Å²) in [6.45, 7) is 1.29. The van der Waals surface area contributed by atoms with Crippen LogP contribution in [0.5, 0.6) is 0 Å². The number of hydrogen-bond donors (Lipinski definition) is 1. The molecule has 2 heterocycles. The van der Waals surface area contributed by atoms with Gasteiger partial charge in [0.25, 0.3) is 5.69 Å². The van der Waals surface area contributed by atoms with Crippen LogP contribution in [-0.2, 0) is 4.79 Å². The number of piperidine rings is 1. The molecule has 4 rings (SSSR count). The van der Waals surface area contributed by atoms with E-state index in [1.54, 1.807) is 18.2 Å². The first kappa shape index (κ1) is 19.5. The van der Waals surface area contributed by atoms with Crippen molar-refractivity contribution in [3.8, 4) is 11.3 Å². The lowest BCUT2D eigenvalue weighted by Crippen LogP contribution is -2.41. The monoisotopic (exact) mass is 403 g/mol. The highest BCUT2D eigenvalue weighted by Gasteiger charge is 2.28. The standard InChI is InChI=1S/C22H21N5O3/c28-22(25-18-10-4-5-11-20(18)27(29)30)17-9-6-12-26(14-17)21-13-19(23-15-24-21)16-7-2-1-3-8-16/h1-5,7-8,10-11,13,15,17H,6,9,12,14H2,(H,25,28). The minimum atomic E-state index is -0.491. The van der Waals surface area contributed by atoms with Crippen LogP contribution in [0.15, 0.2) is 67.0 Å². The molecule has 1 aliphatic heterocycles. The Morgan fingerprint density at radius 1 is 1.10 bits per heavy atom. The fourth-order valence-electron chi connectivity index (χ4n) is 3.66. The van der Waals surface area contributed by atoms with Crippen molar-refractivity contribution in [1.82, 2.24) is 9.97 Å². The molecule has 0 spiro atoms. The van der Waals surface area contributed by atoms with Crippen molar-refractivity contribution < 1.29 is 9.72 Å². The van der Waals surface area contributed by atoms with Crippen molar-refractivity contribution >= 4 is 23.1 Å². The number of hydrogen-bond acceptors (Lipinski definition) is 6. The first-order valence-electron chi connectivity index (χ1n) is 9.78. The Labute approximate surface area is 173 Å². The molecule has 1 atom stereocenters. The second kappa shape index (κ2) is 8.69. The number of carbonyl (C=O) groups excluding carboxylic acids is 1. The number of nitrogens with one attached hydrogen (secondary N) is 1. The van der Waals surface area contributed by atoms with Crippen LogP contribution < -0.4 is 10.2 Å². The number of carbonyl (C=O) groups is 1. The number of anilines is 2. The maximum Gasteiger partial charge on any atom is 0.292 e. The van der Waals surface area contributed by atoms with Gasteiger partial charge in [0.05, 0.1) is 16.5 Å². The van der Waals surface area contributed by atoms with Gasteiger partial charge in [-0.2, -0.15) is 0 Å². The molecule has 2 aromatic carbocycles. The van der Waals surface area contributed by atoms with Crippen LogP contribution in [-0.4, -0.2) is 33.9 Å². The number of nitro groups is 1. The van der Waals surface area contributed by atoms with E-state index in [-0.39, 0.29) is 23.2 Å². The normalized spacial score (nSPS) is 16.1. The predicted molar refractivity (Wildman–Crippen MR) is 114 cm³/mol. The summed E-state index contributed by atoms with van der Waals surface area (Å²) in [5, 5.41) is 13.9. The van der Waals surface area contributed by atoms with Gasteiger partial charge in [-0.3, -0.25) is 14.9 Å². The SMILES string of the molecule is O=C(Nc1ccccc1[N+](=O)[O-])C1CCCN(c2cc(-c3ccccc3)ncn2)C1. The molecule has 8 heteroatoms. The zero-order chi connectivity index (χ0) is 20.9. The van der Waals surface area contributed by atoms with E-state index in [0.717, 1.165) is 36.5 Å². The van der Waals surface area contributed by atoms with Gasteiger partial charge in [-0.25, -0.2) is 9.97 Å². The summed E-state index contributed by atoms with van der Waals surface area (Å²) in [6.07, 6.45) is 3.09. The lowest BCUT2D eigenvalue weighted by molar-refractivity contribution is -0.383. The molecule has 1 saturated heterocycles. The average molecular weight is 403 g/mol. The molecule has 0 bridgehead atoms. The van der Waals surface area contributed by atoms with E-state index in [9.17, 15) is 14.9 Å². The summed E-state index contributed by atoms with van der Waals surface area (Å²) in [6, 6.07) is 18.0. The van der Waals surface area contributed by atoms with E-state index < -0.39 is 4.92 Å². The number of benzene rings is 2.